The molecule has 1 saturated heterocycles. The Morgan fingerprint density at radius 3 is 2.50 bits per heavy atom. The molecule has 0 aromatic heterocycles. The van der Waals surface area contributed by atoms with E-state index in [1.807, 2.05) is 17.0 Å². The predicted molar refractivity (Wildman–Crippen MR) is 103 cm³/mol. The molecule has 2 aromatic rings. The molecule has 0 spiro atoms. The van der Waals surface area contributed by atoms with Gasteiger partial charge in [-0.25, -0.2) is 4.79 Å². The molecule has 5 heteroatoms. The van der Waals surface area contributed by atoms with Crippen LogP contribution in [0.5, 0.6) is 5.75 Å². The highest BCUT2D eigenvalue weighted by molar-refractivity contribution is 5.75. The summed E-state index contributed by atoms with van der Waals surface area (Å²) in [6.45, 7) is 3.18. The molecule has 4 rings (SSSR count). The van der Waals surface area contributed by atoms with Gasteiger partial charge in [0.1, 0.15) is 5.75 Å². The minimum absolute atomic E-state index is 0.0566. The average molecular weight is 351 g/mol. The zero-order chi connectivity index (χ0) is 17.9. The highest BCUT2D eigenvalue weighted by Gasteiger charge is 2.27. The number of ether oxygens (including phenoxy) is 1. The summed E-state index contributed by atoms with van der Waals surface area (Å²) in [5.74, 6) is 0.864. The number of methoxy groups -OCH3 is 1. The third-order valence-electron chi connectivity index (χ3n) is 5.44. The Hall–Kier alpha value is -2.69. The molecule has 26 heavy (non-hydrogen) atoms. The molecule has 5 nitrogen and oxygen atoms in total. The zero-order valence-corrected chi connectivity index (χ0v) is 15.1. The summed E-state index contributed by atoms with van der Waals surface area (Å²) in [6, 6.07) is 16.7. The van der Waals surface area contributed by atoms with Crippen molar-refractivity contribution in [3.05, 3.63) is 59.7 Å². The van der Waals surface area contributed by atoms with Crippen molar-refractivity contribution in [1.82, 2.24) is 10.2 Å². The molecule has 136 valence electrons. The fourth-order valence-electron chi connectivity index (χ4n) is 3.91. The van der Waals surface area contributed by atoms with Gasteiger partial charge in [-0.2, -0.15) is 0 Å². The van der Waals surface area contributed by atoms with Crippen LogP contribution >= 0.6 is 0 Å². The van der Waals surface area contributed by atoms with E-state index in [-0.39, 0.29) is 12.1 Å². The third kappa shape index (κ3) is 3.34. The van der Waals surface area contributed by atoms with E-state index < -0.39 is 0 Å². The number of benzene rings is 2. The molecule has 2 amide bonds. The lowest BCUT2D eigenvalue weighted by Gasteiger charge is -2.36. The fourth-order valence-corrected chi connectivity index (χ4v) is 3.91. The van der Waals surface area contributed by atoms with Gasteiger partial charge in [0, 0.05) is 31.9 Å². The van der Waals surface area contributed by atoms with Crippen molar-refractivity contribution >= 4 is 11.7 Å². The molecule has 0 bridgehead atoms. The van der Waals surface area contributed by atoms with Crippen LogP contribution in [0.15, 0.2) is 48.5 Å². The van der Waals surface area contributed by atoms with Gasteiger partial charge < -0.3 is 19.9 Å². The number of nitrogens with zero attached hydrogens (tertiary/aromatic N) is 2. The van der Waals surface area contributed by atoms with E-state index in [0.717, 1.165) is 44.8 Å². The number of piperazine rings is 1. The summed E-state index contributed by atoms with van der Waals surface area (Å²) >= 11 is 0. The highest BCUT2D eigenvalue weighted by atomic mass is 16.5. The number of rotatable bonds is 3. The van der Waals surface area contributed by atoms with E-state index in [4.69, 9.17) is 4.74 Å². The van der Waals surface area contributed by atoms with Crippen LogP contribution in [0.4, 0.5) is 10.5 Å². The summed E-state index contributed by atoms with van der Waals surface area (Å²) < 4.78 is 5.21. The first-order chi connectivity index (χ1) is 12.7. The molecule has 1 unspecified atom stereocenters. The van der Waals surface area contributed by atoms with E-state index in [1.165, 1.54) is 16.8 Å². The van der Waals surface area contributed by atoms with E-state index in [9.17, 15) is 4.79 Å². The lowest BCUT2D eigenvalue weighted by molar-refractivity contribution is 0.190. The van der Waals surface area contributed by atoms with Gasteiger partial charge in [0.05, 0.1) is 13.2 Å². The summed E-state index contributed by atoms with van der Waals surface area (Å²) in [6.07, 6.45) is 2.04. The molecule has 0 saturated carbocycles. The van der Waals surface area contributed by atoms with Gasteiger partial charge in [0.15, 0.2) is 0 Å². The first-order valence-electron chi connectivity index (χ1n) is 9.27. The van der Waals surface area contributed by atoms with Crippen LogP contribution in [0.25, 0.3) is 0 Å². The maximum Gasteiger partial charge on any atom is 0.318 e. The SMILES string of the molecule is COc1ccc(N2CCN(C(=O)NC3CCc4ccccc43)CC2)cc1. The maximum atomic E-state index is 12.7. The predicted octanol–water partition coefficient (Wildman–Crippen LogP) is 3.21. The van der Waals surface area contributed by atoms with Crippen molar-refractivity contribution in [2.75, 3.05) is 38.2 Å². The van der Waals surface area contributed by atoms with Crippen molar-refractivity contribution in [3.8, 4) is 5.75 Å². The van der Waals surface area contributed by atoms with Crippen LogP contribution < -0.4 is 15.0 Å². The number of aryl methyl sites for hydroxylation is 1. The average Bonchev–Trinajstić information content (AvgIpc) is 3.11. The standard InChI is InChI=1S/C21H25N3O2/c1-26-18-9-7-17(8-10-18)23-12-14-24(15-13-23)21(25)22-20-11-6-16-4-2-3-5-19(16)20/h2-5,7-10,20H,6,11-15H2,1H3,(H,22,25). The van der Waals surface area contributed by atoms with Gasteiger partial charge in [0.25, 0.3) is 0 Å². The minimum atomic E-state index is 0.0566. The highest BCUT2D eigenvalue weighted by Crippen LogP contribution is 2.31. The summed E-state index contributed by atoms with van der Waals surface area (Å²) in [7, 11) is 1.68. The van der Waals surface area contributed by atoms with Crippen molar-refractivity contribution in [2.24, 2.45) is 0 Å². The Labute approximate surface area is 154 Å². The van der Waals surface area contributed by atoms with Gasteiger partial charge in [-0.1, -0.05) is 24.3 Å². The molecule has 1 heterocycles. The van der Waals surface area contributed by atoms with Crippen LogP contribution in [0, 0.1) is 0 Å². The quantitative estimate of drug-likeness (QED) is 0.923. The lowest BCUT2D eigenvalue weighted by atomic mass is 10.1. The van der Waals surface area contributed by atoms with Crippen LogP contribution in [0.2, 0.25) is 0 Å². The van der Waals surface area contributed by atoms with Crippen LogP contribution in [0.1, 0.15) is 23.6 Å². The molecular formula is C21H25N3O2. The van der Waals surface area contributed by atoms with Gasteiger partial charge in [-0.3, -0.25) is 0 Å². The summed E-state index contributed by atoms with van der Waals surface area (Å²) in [5, 5.41) is 3.23. The normalized spacial score (nSPS) is 19.2. The number of fused-ring (bicyclic) bond motifs is 1. The molecule has 1 aliphatic carbocycles. The number of carbonyl (C=O) groups is 1. The first-order valence-corrected chi connectivity index (χ1v) is 9.27. The first kappa shape index (κ1) is 16.8. The molecule has 1 fully saturated rings. The molecular weight excluding hydrogens is 326 g/mol. The number of hydrogen-bond acceptors (Lipinski definition) is 3. The Balaban J connectivity index is 1.32. The van der Waals surface area contributed by atoms with Gasteiger partial charge in [-0.15, -0.1) is 0 Å². The number of hydrogen-bond donors (Lipinski definition) is 1. The molecule has 2 aromatic carbocycles. The second kappa shape index (κ2) is 7.28. The molecule has 1 N–H and O–H groups in total. The van der Waals surface area contributed by atoms with Crippen LogP contribution in [-0.4, -0.2) is 44.2 Å². The van der Waals surface area contributed by atoms with Crippen molar-refractivity contribution in [2.45, 2.75) is 18.9 Å². The molecule has 1 aliphatic heterocycles. The molecule has 2 aliphatic rings. The second-order valence-corrected chi connectivity index (χ2v) is 6.91. The number of nitrogens with one attached hydrogen (secondary N) is 1. The number of carbonyl (C=O) groups excluding carboxylic acids is 1. The van der Waals surface area contributed by atoms with E-state index in [2.05, 4.69) is 46.6 Å². The minimum Gasteiger partial charge on any atom is -0.497 e. The number of urea groups is 1. The molecule has 0 radical (unpaired) electrons. The van der Waals surface area contributed by atoms with Crippen molar-refractivity contribution < 1.29 is 9.53 Å². The van der Waals surface area contributed by atoms with Gasteiger partial charge in [0.2, 0.25) is 0 Å². The fraction of sp³-hybridized carbons (Fsp3) is 0.381. The monoisotopic (exact) mass is 351 g/mol. The molecule has 1 atom stereocenters. The van der Waals surface area contributed by atoms with E-state index in [0.29, 0.717) is 0 Å². The van der Waals surface area contributed by atoms with E-state index >= 15 is 0 Å². The zero-order valence-electron chi connectivity index (χ0n) is 15.1. The lowest BCUT2D eigenvalue weighted by Crippen LogP contribution is -2.52. The van der Waals surface area contributed by atoms with Gasteiger partial charge in [-0.05, 0) is 48.2 Å². The Morgan fingerprint density at radius 1 is 1.04 bits per heavy atom. The Kier molecular flexibility index (Phi) is 4.69. The van der Waals surface area contributed by atoms with Crippen molar-refractivity contribution in [1.29, 1.82) is 0 Å². The third-order valence-corrected chi connectivity index (χ3v) is 5.44. The maximum absolute atomic E-state index is 12.7. The van der Waals surface area contributed by atoms with Crippen molar-refractivity contribution in [3.63, 3.8) is 0 Å². The van der Waals surface area contributed by atoms with Gasteiger partial charge >= 0.3 is 6.03 Å². The summed E-state index contributed by atoms with van der Waals surface area (Å²) in [5.41, 5.74) is 3.82. The smallest absolute Gasteiger partial charge is 0.318 e. The Morgan fingerprint density at radius 2 is 1.77 bits per heavy atom. The number of anilines is 1. The topological polar surface area (TPSA) is 44.8 Å². The van der Waals surface area contributed by atoms with E-state index in [1.54, 1.807) is 7.11 Å². The Bertz CT molecular complexity index is 767. The van der Waals surface area contributed by atoms with Crippen LogP contribution in [-0.2, 0) is 6.42 Å². The second-order valence-electron chi connectivity index (χ2n) is 6.91. The largest absolute Gasteiger partial charge is 0.497 e. The van der Waals surface area contributed by atoms with Crippen LogP contribution in [0.3, 0.4) is 0 Å². The number of amides is 2. The summed E-state index contributed by atoms with van der Waals surface area (Å²) in [4.78, 5) is 16.9.